The summed E-state index contributed by atoms with van der Waals surface area (Å²) in [5, 5.41) is 2.31. The van der Waals surface area contributed by atoms with Gasteiger partial charge >= 0.3 is 11.9 Å². The average Bonchev–Trinajstić information content (AvgIpc) is 2.76. The number of benzene rings is 2. The Kier molecular flexibility index (Phi) is 5.82. The summed E-state index contributed by atoms with van der Waals surface area (Å²) >= 11 is 0. The number of carbonyl (C=O) groups is 1. The summed E-state index contributed by atoms with van der Waals surface area (Å²) in [6, 6.07) is 14.6. The van der Waals surface area contributed by atoms with Crippen molar-refractivity contribution < 1.29 is 18.0 Å². The van der Waals surface area contributed by atoms with Crippen LogP contribution in [0.15, 0.2) is 70.3 Å². The molecule has 0 aliphatic rings. The predicted octanol–water partition coefficient (Wildman–Crippen LogP) is 3.82. The van der Waals surface area contributed by atoms with Crippen LogP contribution in [-0.4, -0.2) is 20.0 Å². The van der Waals surface area contributed by atoms with E-state index >= 15 is 0 Å². The average molecular weight is 468 g/mol. The molecular formula is C24H19F3N4O3. The number of amides is 1. The number of pyridine rings is 1. The van der Waals surface area contributed by atoms with Gasteiger partial charge in [-0.1, -0.05) is 30.3 Å². The number of hydrogen-bond acceptors (Lipinski definition) is 4. The molecule has 0 saturated carbocycles. The first-order valence-corrected chi connectivity index (χ1v) is 10.2. The molecule has 0 atom stereocenters. The maximum Gasteiger partial charge on any atom is 0.418 e. The van der Waals surface area contributed by atoms with Gasteiger partial charge in [0.15, 0.2) is 5.65 Å². The molecule has 2 aromatic carbocycles. The summed E-state index contributed by atoms with van der Waals surface area (Å²) in [4.78, 5) is 43.7. The highest BCUT2D eigenvalue weighted by Crippen LogP contribution is 2.34. The number of hydrogen-bond donors (Lipinski definition) is 1. The number of fused-ring (bicyclic) bond motifs is 1. The zero-order valence-corrected chi connectivity index (χ0v) is 18.2. The lowest BCUT2D eigenvalue weighted by Crippen LogP contribution is -2.42. The number of nitrogens with one attached hydrogen (secondary N) is 1. The second-order valence-electron chi connectivity index (χ2n) is 7.72. The van der Waals surface area contributed by atoms with Crippen LogP contribution in [0.25, 0.3) is 16.7 Å². The molecule has 1 amide bonds. The molecule has 2 heterocycles. The maximum absolute atomic E-state index is 13.4. The van der Waals surface area contributed by atoms with Crippen LogP contribution in [0.5, 0.6) is 0 Å². The molecule has 174 valence electrons. The minimum Gasteiger partial charge on any atom is -0.324 e. The molecule has 4 rings (SSSR count). The highest BCUT2D eigenvalue weighted by Gasteiger charge is 2.33. The van der Waals surface area contributed by atoms with E-state index in [1.807, 2.05) is 0 Å². The Balaban J connectivity index is 1.86. The van der Waals surface area contributed by atoms with Gasteiger partial charge in [-0.25, -0.2) is 18.9 Å². The fraction of sp³-hybridized carbons (Fsp3) is 0.167. The third-order valence-electron chi connectivity index (χ3n) is 5.24. The molecule has 0 aliphatic carbocycles. The van der Waals surface area contributed by atoms with Crippen LogP contribution in [0.3, 0.4) is 0 Å². The Labute approximate surface area is 191 Å². The van der Waals surface area contributed by atoms with Crippen LogP contribution in [-0.2, 0) is 17.5 Å². The van der Waals surface area contributed by atoms with Crippen molar-refractivity contribution in [1.82, 2.24) is 14.1 Å². The SMILES string of the molecule is Cc1cc(C)c2c(=O)n(CC(=O)Nc3ccccc3C(F)(F)F)c(=O)n(-c3ccccc3)c2n1. The molecule has 7 nitrogen and oxygen atoms in total. The topological polar surface area (TPSA) is 86.0 Å². The highest BCUT2D eigenvalue weighted by atomic mass is 19.4. The molecule has 0 fully saturated rings. The van der Waals surface area contributed by atoms with Crippen molar-refractivity contribution in [3.8, 4) is 5.69 Å². The predicted molar refractivity (Wildman–Crippen MR) is 121 cm³/mol. The molecular weight excluding hydrogens is 449 g/mol. The highest BCUT2D eigenvalue weighted by molar-refractivity contribution is 5.91. The Morgan fingerprint density at radius 1 is 1.00 bits per heavy atom. The number of aryl methyl sites for hydroxylation is 2. The molecule has 34 heavy (non-hydrogen) atoms. The summed E-state index contributed by atoms with van der Waals surface area (Å²) in [7, 11) is 0. The smallest absolute Gasteiger partial charge is 0.324 e. The van der Waals surface area contributed by atoms with Crippen LogP contribution in [0.1, 0.15) is 16.8 Å². The fourth-order valence-electron chi connectivity index (χ4n) is 3.80. The first-order chi connectivity index (χ1) is 16.1. The van der Waals surface area contributed by atoms with E-state index in [2.05, 4.69) is 10.3 Å². The molecule has 0 aliphatic heterocycles. The number of anilines is 1. The first kappa shape index (κ1) is 23.0. The molecule has 0 spiro atoms. The zero-order valence-electron chi connectivity index (χ0n) is 18.2. The number of carbonyl (C=O) groups excluding carboxylic acids is 1. The molecule has 0 radical (unpaired) electrons. The van der Waals surface area contributed by atoms with E-state index in [1.54, 1.807) is 50.2 Å². The third-order valence-corrected chi connectivity index (χ3v) is 5.24. The Morgan fingerprint density at radius 2 is 1.65 bits per heavy atom. The molecule has 10 heteroatoms. The summed E-state index contributed by atoms with van der Waals surface area (Å²) in [5.74, 6) is -0.951. The standard InChI is InChI=1S/C24H19F3N4O3/c1-14-12-15(2)28-21-20(14)22(33)30(23(34)31(21)16-8-4-3-5-9-16)13-19(32)29-18-11-7-6-10-17(18)24(25,26)27/h3-12H,13H2,1-2H3,(H,29,32). The quantitative estimate of drug-likeness (QED) is 0.494. The summed E-state index contributed by atoms with van der Waals surface area (Å²) in [6.45, 7) is 2.63. The molecule has 0 bridgehead atoms. The third kappa shape index (κ3) is 4.21. The van der Waals surface area contributed by atoms with E-state index < -0.39 is 41.1 Å². The lowest BCUT2D eigenvalue weighted by Gasteiger charge is -2.16. The molecule has 4 aromatic rings. The van der Waals surface area contributed by atoms with E-state index in [4.69, 9.17) is 0 Å². The van der Waals surface area contributed by atoms with Gasteiger partial charge in [0, 0.05) is 5.69 Å². The van der Waals surface area contributed by atoms with Crippen molar-refractivity contribution in [3.05, 3.63) is 98.3 Å². The molecule has 1 N–H and O–H groups in total. The Morgan fingerprint density at radius 3 is 2.32 bits per heavy atom. The van der Waals surface area contributed by atoms with Crippen LogP contribution in [0, 0.1) is 13.8 Å². The number of para-hydroxylation sites is 2. The number of nitrogens with zero attached hydrogens (tertiary/aromatic N) is 3. The van der Waals surface area contributed by atoms with Gasteiger partial charge in [-0.05, 0) is 49.7 Å². The van der Waals surface area contributed by atoms with Gasteiger partial charge < -0.3 is 5.32 Å². The second kappa shape index (κ2) is 8.62. The summed E-state index contributed by atoms with van der Waals surface area (Å²) in [6.07, 6.45) is -4.69. The second-order valence-corrected chi connectivity index (χ2v) is 7.72. The van der Waals surface area contributed by atoms with Crippen molar-refractivity contribution in [2.24, 2.45) is 0 Å². The lowest BCUT2D eigenvalue weighted by atomic mass is 10.1. The maximum atomic E-state index is 13.4. The number of halogens is 3. The van der Waals surface area contributed by atoms with Gasteiger partial charge in [-0.3, -0.25) is 9.59 Å². The monoisotopic (exact) mass is 468 g/mol. The van der Waals surface area contributed by atoms with E-state index in [0.29, 0.717) is 21.5 Å². The van der Waals surface area contributed by atoms with E-state index in [-0.39, 0.29) is 11.0 Å². The van der Waals surface area contributed by atoms with Gasteiger partial charge in [0.25, 0.3) is 5.56 Å². The van der Waals surface area contributed by atoms with Crippen LogP contribution in [0.2, 0.25) is 0 Å². The van der Waals surface area contributed by atoms with E-state index in [0.717, 1.165) is 12.1 Å². The molecule has 0 saturated heterocycles. The van der Waals surface area contributed by atoms with Gasteiger partial charge in [0.2, 0.25) is 5.91 Å². The minimum atomic E-state index is -4.69. The van der Waals surface area contributed by atoms with Crippen molar-refractivity contribution in [2.45, 2.75) is 26.6 Å². The fourth-order valence-corrected chi connectivity index (χ4v) is 3.80. The first-order valence-electron chi connectivity index (χ1n) is 10.2. The van der Waals surface area contributed by atoms with Crippen molar-refractivity contribution in [3.63, 3.8) is 0 Å². The summed E-state index contributed by atoms with van der Waals surface area (Å²) in [5.41, 5.74) is -1.39. The van der Waals surface area contributed by atoms with E-state index in [9.17, 15) is 27.6 Å². The van der Waals surface area contributed by atoms with Crippen LogP contribution >= 0.6 is 0 Å². The Hall–Kier alpha value is -4.21. The van der Waals surface area contributed by atoms with Crippen LogP contribution in [0.4, 0.5) is 18.9 Å². The van der Waals surface area contributed by atoms with Gasteiger partial charge in [-0.2, -0.15) is 13.2 Å². The lowest BCUT2D eigenvalue weighted by molar-refractivity contribution is -0.137. The minimum absolute atomic E-state index is 0.137. The van der Waals surface area contributed by atoms with Gasteiger partial charge in [-0.15, -0.1) is 0 Å². The number of aromatic nitrogens is 3. The normalized spacial score (nSPS) is 11.6. The number of rotatable bonds is 4. The van der Waals surface area contributed by atoms with E-state index in [1.165, 1.54) is 16.7 Å². The number of alkyl halides is 3. The zero-order chi connectivity index (χ0) is 24.6. The Bertz CT molecular complexity index is 1520. The van der Waals surface area contributed by atoms with Crippen LogP contribution < -0.4 is 16.6 Å². The van der Waals surface area contributed by atoms with Crippen molar-refractivity contribution >= 4 is 22.6 Å². The molecule has 2 aromatic heterocycles. The van der Waals surface area contributed by atoms with Crippen molar-refractivity contribution in [1.29, 1.82) is 0 Å². The molecule has 0 unspecified atom stereocenters. The largest absolute Gasteiger partial charge is 0.418 e. The van der Waals surface area contributed by atoms with Gasteiger partial charge in [0.05, 0.1) is 22.3 Å². The van der Waals surface area contributed by atoms with Crippen molar-refractivity contribution in [2.75, 3.05) is 5.32 Å². The van der Waals surface area contributed by atoms with Gasteiger partial charge in [0.1, 0.15) is 6.54 Å². The summed E-state index contributed by atoms with van der Waals surface area (Å²) < 4.78 is 41.8.